The highest BCUT2D eigenvalue weighted by Gasteiger charge is 2.22. The summed E-state index contributed by atoms with van der Waals surface area (Å²) >= 11 is 0. The molecule has 0 heterocycles. The molecule has 114 valence electrons. The Morgan fingerprint density at radius 2 is 1.90 bits per heavy atom. The number of hydrogen-bond donors (Lipinski definition) is 3. The van der Waals surface area contributed by atoms with Gasteiger partial charge in [-0.15, -0.1) is 0 Å². The van der Waals surface area contributed by atoms with Crippen LogP contribution < -0.4 is 10.6 Å². The minimum absolute atomic E-state index is 0.0722. The Balaban J connectivity index is 1.60. The first-order chi connectivity index (χ1) is 9.71. The fourth-order valence-electron chi connectivity index (χ4n) is 3.32. The van der Waals surface area contributed by atoms with Crippen LogP contribution >= 0.6 is 0 Å². The number of aliphatic hydroxyl groups is 1. The normalized spacial score (nSPS) is 33.1. The molecule has 0 radical (unpaired) electrons. The number of carbonyl (C=O) groups is 1. The van der Waals surface area contributed by atoms with Gasteiger partial charge in [0.15, 0.2) is 0 Å². The topological polar surface area (TPSA) is 61.4 Å². The maximum Gasteiger partial charge on any atom is 0.315 e. The Morgan fingerprint density at radius 1 is 1.20 bits per heavy atom. The maximum atomic E-state index is 11.8. The van der Waals surface area contributed by atoms with Gasteiger partial charge >= 0.3 is 6.03 Å². The molecule has 0 unspecified atom stereocenters. The van der Waals surface area contributed by atoms with Gasteiger partial charge in [-0.1, -0.05) is 38.3 Å². The average molecular weight is 280 g/mol. The summed E-state index contributed by atoms with van der Waals surface area (Å²) in [6, 6.07) is -0.00108. The van der Waals surface area contributed by atoms with Crippen LogP contribution in [0.1, 0.15) is 45.4 Å². The lowest BCUT2D eigenvalue weighted by molar-refractivity contribution is 0.224. The predicted molar refractivity (Wildman–Crippen MR) is 80.4 cm³/mol. The van der Waals surface area contributed by atoms with Crippen molar-refractivity contribution < 1.29 is 9.90 Å². The van der Waals surface area contributed by atoms with Gasteiger partial charge in [0.2, 0.25) is 0 Å². The van der Waals surface area contributed by atoms with Gasteiger partial charge in [0.05, 0.1) is 0 Å². The van der Waals surface area contributed by atoms with Crippen LogP contribution in [-0.2, 0) is 0 Å². The monoisotopic (exact) mass is 280 g/mol. The lowest BCUT2D eigenvalue weighted by Crippen LogP contribution is -2.43. The molecule has 0 aromatic rings. The molecule has 0 saturated heterocycles. The van der Waals surface area contributed by atoms with Crippen molar-refractivity contribution in [3.8, 4) is 0 Å². The highest BCUT2D eigenvalue weighted by molar-refractivity contribution is 5.74. The fraction of sp³-hybridized carbons (Fsp3) is 0.812. The van der Waals surface area contributed by atoms with E-state index in [-0.39, 0.29) is 24.6 Å². The molecule has 2 rings (SSSR count). The number of urea groups is 1. The van der Waals surface area contributed by atoms with Gasteiger partial charge in [0, 0.05) is 25.1 Å². The number of nitrogens with one attached hydrogen (secondary N) is 2. The molecule has 2 atom stereocenters. The highest BCUT2D eigenvalue weighted by atomic mass is 16.3. The Labute approximate surface area is 122 Å². The first kappa shape index (κ1) is 15.4. The van der Waals surface area contributed by atoms with Gasteiger partial charge in [-0.25, -0.2) is 4.79 Å². The molecule has 0 aromatic heterocycles. The van der Waals surface area contributed by atoms with E-state index in [4.69, 9.17) is 5.11 Å². The van der Waals surface area contributed by atoms with Gasteiger partial charge in [-0.3, -0.25) is 0 Å². The molecular formula is C16H28N2O2. The van der Waals surface area contributed by atoms with Crippen LogP contribution in [0, 0.1) is 17.8 Å². The molecular weight excluding hydrogens is 252 g/mol. The van der Waals surface area contributed by atoms with Crippen molar-refractivity contribution >= 4 is 6.03 Å². The molecule has 4 nitrogen and oxygen atoms in total. The lowest BCUT2D eigenvalue weighted by atomic mass is 9.81. The van der Waals surface area contributed by atoms with Crippen molar-refractivity contribution in [3.63, 3.8) is 0 Å². The van der Waals surface area contributed by atoms with Crippen molar-refractivity contribution in [2.75, 3.05) is 13.2 Å². The summed E-state index contributed by atoms with van der Waals surface area (Å²) in [6.07, 6.45) is 11.2. The van der Waals surface area contributed by atoms with Crippen LogP contribution in [0.15, 0.2) is 12.2 Å². The zero-order valence-corrected chi connectivity index (χ0v) is 12.5. The Hall–Kier alpha value is -1.03. The van der Waals surface area contributed by atoms with Crippen molar-refractivity contribution in [3.05, 3.63) is 12.2 Å². The third-order valence-corrected chi connectivity index (χ3v) is 4.82. The number of aliphatic hydroxyl groups excluding tert-OH is 1. The summed E-state index contributed by atoms with van der Waals surface area (Å²) in [7, 11) is 0. The van der Waals surface area contributed by atoms with Crippen molar-refractivity contribution in [1.82, 2.24) is 10.6 Å². The van der Waals surface area contributed by atoms with Gasteiger partial charge in [0.25, 0.3) is 0 Å². The van der Waals surface area contributed by atoms with Crippen LogP contribution in [-0.4, -0.2) is 30.3 Å². The van der Waals surface area contributed by atoms with Crippen LogP contribution in [0.25, 0.3) is 0 Å². The molecule has 2 aliphatic carbocycles. The molecule has 4 heteroatoms. The second-order valence-electron chi connectivity index (χ2n) is 6.32. The Bertz CT molecular complexity index is 335. The van der Waals surface area contributed by atoms with Crippen molar-refractivity contribution in [1.29, 1.82) is 0 Å². The van der Waals surface area contributed by atoms with E-state index >= 15 is 0 Å². The zero-order chi connectivity index (χ0) is 14.4. The standard InChI is InChI=1S/C16H28N2O2/c1-2-12-3-5-13(6-4-12)10-17-16(20)18-15-8-7-14(9-15)11-19/h7-8,12-15,19H,2-6,9-11H2,1H3,(H2,17,18,20)/t12?,13?,14-,15+/m0/s1. The van der Waals surface area contributed by atoms with Gasteiger partial charge in [-0.05, 0) is 31.1 Å². The van der Waals surface area contributed by atoms with Crippen LogP contribution in [0.5, 0.6) is 0 Å². The number of rotatable bonds is 5. The number of carbonyl (C=O) groups excluding carboxylic acids is 1. The minimum Gasteiger partial charge on any atom is -0.396 e. The zero-order valence-electron chi connectivity index (χ0n) is 12.5. The van der Waals surface area contributed by atoms with E-state index in [2.05, 4.69) is 17.6 Å². The summed E-state index contributed by atoms with van der Waals surface area (Å²) in [4.78, 5) is 11.8. The lowest BCUT2D eigenvalue weighted by Gasteiger charge is -2.28. The quantitative estimate of drug-likeness (QED) is 0.677. The first-order valence-corrected chi connectivity index (χ1v) is 8.04. The molecule has 20 heavy (non-hydrogen) atoms. The molecule has 3 N–H and O–H groups in total. The Morgan fingerprint density at radius 3 is 2.50 bits per heavy atom. The van der Waals surface area contributed by atoms with Gasteiger partial charge in [0.1, 0.15) is 0 Å². The van der Waals surface area contributed by atoms with E-state index in [0.29, 0.717) is 5.92 Å². The summed E-state index contributed by atoms with van der Waals surface area (Å²) < 4.78 is 0. The molecule has 0 aromatic carbocycles. The Kier molecular flexibility index (Phi) is 5.89. The van der Waals surface area contributed by atoms with Crippen molar-refractivity contribution in [2.24, 2.45) is 17.8 Å². The third kappa shape index (κ3) is 4.51. The second kappa shape index (κ2) is 7.67. The third-order valence-electron chi connectivity index (χ3n) is 4.82. The summed E-state index contributed by atoms with van der Waals surface area (Å²) in [5.41, 5.74) is 0. The maximum absolute atomic E-state index is 11.8. The molecule has 1 fully saturated rings. The first-order valence-electron chi connectivity index (χ1n) is 8.04. The molecule has 0 spiro atoms. The minimum atomic E-state index is -0.0733. The van der Waals surface area contributed by atoms with E-state index in [9.17, 15) is 4.79 Å². The largest absolute Gasteiger partial charge is 0.396 e. The van der Waals surface area contributed by atoms with E-state index in [0.717, 1.165) is 18.9 Å². The molecule has 2 amide bonds. The van der Waals surface area contributed by atoms with E-state index in [1.807, 2.05) is 12.2 Å². The van der Waals surface area contributed by atoms with Gasteiger partial charge < -0.3 is 15.7 Å². The molecule has 2 aliphatic rings. The number of hydrogen-bond acceptors (Lipinski definition) is 2. The van der Waals surface area contributed by atoms with E-state index < -0.39 is 0 Å². The summed E-state index contributed by atoms with van der Waals surface area (Å²) in [6.45, 7) is 3.23. The van der Waals surface area contributed by atoms with E-state index in [1.54, 1.807) is 0 Å². The fourth-order valence-corrected chi connectivity index (χ4v) is 3.32. The van der Waals surface area contributed by atoms with Crippen molar-refractivity contribution in [2.45, 2.75) is 51.5 Å². The summed E-state index contributed by atoms with van der Waals surface area (Å²) in [5, 5.41) is 15.0. The number of amides is 2. The molecule has 0 bridgehead atoms. The van der Waals surface area contributed by atoms with E-state index in [1.165, 1.54) is 32.1 Å². The SMILES string of the molecule is CCC1CCC(CNC(=O)N[C@@H]2C=C[C@H](CO)C2)CC1. The predicted octanol–water partition coefficient (Wildman–Crippen LogP) is 2.44. The highest BCUT2D eigenvalue weighted by Crippen LogP contribution is 2.30. The van der Waals surface area contributed by atoms with Crippen LogP contribution in [0.4, 0.5) is 4.79 Å². The second-order valence-corrected chi connectivity index (χ2v) is 6.32. The molecule has 0 aliphatic heterocycles. The van der Waals surface area contributed by atoms with Crippen LogP contribution in [0.2, 0.25) is 0 Å². The molecule has 1 saturated carbocycles. The van der Waals surface area contributed by atoms with Gasteiger partial charge in [-0.2, -0.15) is 0 Å². The van der Waals surface area contributed by atoms with Crippen LogP contribution in [0.3, 0.4) is 0 Å². The smallest absolute Gasteiger partial charge is 0.315 e. The average Bonchev–Trinajstić information content (AvgIpc) is 2.93. The summed E-state index contributed by atoms with van der Waals surface area (Å²) in [5.74, 6) is 1.75.